The Morgan fingerprint density at radius 1 is 0.800 bits per heavy atom. The van der Waals surface area contributed by atoms with Gasteiger partial charge in [-0.05, 0) is 0 Å². The summed E-state index contributed by atoms with van der Waals surface area (Å²) in [6, 6.07) is 0. The minimum Gasteiger partial charge on any atom is 0 e. The van der Waals surface area contributed by atoms with Crippen molar-refractivity contribution in [1.29, 1.82) is 0 Å². The Morgan fingerprint density at radius 3 is 0.800 bits per heavy atom. The van der Waals surface area contributed by atoms with E-state index < -0.39 is 0 Å². The maximum atomic E-state index is 2.09. The molecule has 0 atom stereocenters. The first kappa shape index (κ1) is 22.5. The zero-order valence-electron chi connectivity index (χ0n) is 3.62. The van der Waals surface area contributed by atoms with Crippen LogP contribution >= 0.6 is 0 Å². The molecule has 0 aliphatic carbocycles. The number of rotatable bonds is 0. The molecule has 0 aliphatic rings. The smallest absolute Gasteiger partial charge is 0 e. The standard InChI is InChI=1S/CH3.3Ra.Sn/h1H3;;;;. The molecule has 0 aromatic heterocycles. The van der Waals surface area contributed by atoms with Gasteiger partial charge in [-0.3, -0.25) is 0 Å². The van der Waals surface area contributed by atoms with Crippen LogP contribution in [0.3, 0.4) is 0 Å². The Morgan fingerprint density at radius 2 is 0.800 bits per heavy atom. The molecule has 0 N–H and O–H groups in total. The van der Waals surface area contributed by atoms with E-state index in [-0.39, 0.29) is 135 Å². The van der Waals surface area contributed by atoms with E-state index in [0.29, 0.717) is 0 Å². The second kappa shape index (κ2) is 22.9. The third kappa shape index (κ3) is 17.6. The fourth-order valence-electron chi connectivity index (χ4n) is 0. The van der Waals surface area contributed by atoms with E-state index in [0.717, 1.165) is 0 Å². The fraction of sp³-hybridized carbons (Fsp3) is 1.00. The summed E-state index contributed by atoms with van der Waals surface area (Å²) in [4.78, 5) is 2.09. The third-order valence-corrected chi connectivity index (χ3v) is 0. The molecule has 4 heteroatoms. The van der Waals surface area contributed by atoms with Crippen LogP contribution in [0.5, 0.6) is 0 Å². The fourth-order valence-corrected chi connectivity index (χ4v) is 0. The molecule has 0 aliphatic heterocycles. The van der Waals surface area contributed by atoms with Gasteiger partial charge < -0.3 is 0 Å². The average molecular weight is 812 g/mol. The van der Waals surface area contributed by atoms with Gasteiger partial charge >= 0.3 is 27.5 Å². The van der Waals surface area contributed by atoms with E-state index in [1.807, 2.05) is 0 Å². The second-order valence-corrected chi connectivity index (χ2v) is 0. The summed E-state index contributed by atoms with van der Waals surface area (Å²) in [5.74, 6) is 0. The van der Waals surface area contributed by atoms with Crippen molar-refractivity contribution in [2.75, 3.05) is 0 Å². The molecule has 0 aromatic carbocycles. The van der Waals surface area contributed by atoms with Crippen LogP contribution in [0, 0.1) is 135 Å². The first-order valence-electron chi connectivity index (χ1n) is 0.500. The topological polar surface area (TPSA) is 0 Å². The maximum absolute atomic E-state index is 2.09. The maximum Gasteiger partial charge on any atom is 0 e. The summed E-state index contributed by atoms with van der Waals surface area (Å²) in [5, 5.41) is 0. The number of hydrogen-bond acceptors (Lipinski definition) is 0. The average Bonchev–Trinajstić information content (AvgIpc) is 1.00. The van der Waals surface area contributed by atoms with Crippen molar-refractivity contribution in [3.63, 3.8) is 0 Å². The van der Waals surface area contributed by atoms with Gasteiger partial charge in [-0.25, -0.2) is 0 Å². The summed E-state index contributed by atoms with van der Waals surface area (Å²) in [5.41, 5.74) is 0. The van der Waals surface area contributed by atoms with Gasteiger partial charge in [0.25, 0.3) is 0 Å². The van der Waals surface area contributed by atoms with Gasteiger partial charge in [-0.15, -0.1) is 0 Å². The Hall–Kier alpha value is 5.20. The summed E-state index contributed by atoms with van der Waals surface area (Å²) in [7, 11) is 0. The molecule has 0 nitrogen and oxygen atoms in total. The summed E-state index contributed by atoms with van der Waals surface area (Å²) in [6.07, 6.45) is 0. The summed E-state index contributed by atoms with van der Waals surface area (Å²) >= 11 is 1.55. The van der Waals surface area contributed by atoms with Crippen LogP contribution in [0.4, 0.5) is 0 Å². The first-order valence-corrected chi connectivity index (χ1v) is 3.35. The van der Waals surface area contributed by atoms with E-state index in [4.69, 9.17) is 0 Å². The minimum absolute atomic E-state index is 0. The predicted molar refractivity (Wildman–Crippen MR) is 11.6 cm³/mol. The molecule has 0 fully saturated rings. The van der Waals surface area contributed by atoms with Crippen molar-refractivity contribution in [2.24, 2.45) is 0 Å². The van der Waals surface area contributed by atoms with Gasteiger partial charge in [-0.2, -0.15) is 0 Å². The number of hydrogen-bond donors (Lipinski definition) is 0. The van der Waals surface area contributed by atoms with Crippen LogP contribution < -0.4 is 0 Å². The van der Waals surface area contributed by atoms with Gasteiger partial charge in [0.2, 0.25) is 0 Å². The van der Waals surface area contributed by atoms with Crippen molar-refractivity contribution in [3.05, 3.63) is 0 Å². The van der Waals surface area contributed by atoms with Gasteiger partial charge in [0.05, 0.1) is 0 Å². The summed E-state index contributed by atoms with van der Waals surface area (Å²) < 4.78 is 0. The predicted octanol–water partition coefficient (Wildman–Crippen LogP) is 0.203. The molecule has 5 heavy (non-hydrogen) atoms. The molecule has 0 amide bonds. The van der Waals surface area contributed by atoms with Gasteiger partial charge in [0, 0.05) is 135 Å². The van der Waals surface area contributed by atoms with Crippen LogP contribution in [-0.4, -0.2) is 22.5 Å². The summed E-state index contributed by atoms with van der Waals surface area (Å²) in [6.45, 7) is 0. The van der Waals surface area contributed by atoms with Crippen LogP contribution in [0.2, 0.25) is 4.94 Å². The molecule has 0 saturated heterocycles. The zero-order valence-corrected chi connectivity index (χ0v) is 23.9. The van der Waals surface area contributed by atoms with Gasteiger partial charge in [0.15, 0.2) is 0 Å². The normalized spacial score (nSPS) is 1.20. The van der Waals surface area contributed by atoms with Crippen LogP contribution in [-0.2, 0) is 0 Å². The Kier molecular flexibility index (Phi) is 103. The first-order chi connectivity index (χ1) is 1.00. The van der Waals surface area contributed by atoms with Crippen molar-refractivity contribution in [1.82, 2.24) is 0 Å². The van der Waals surface area contributed by atoms with Gasteiger partial charge in [-0.1, -0.05) is 0 Å². The molecule has 0 saturated carbocycles. The van der Waals surface area contributed by atoms with Crippen LogP contribution in [0.15, 0.2) is 0 Å². The second-order valence-electron chi connectivity index (χ2n) is 0. The Balaban J connectivity index is -0.00000000167. The van der Waals surface area contributed by atoms with E-state index in [2.05, 4.69) is 4.94 Å². The molecule has 0 unspecified atom stereocenters. The molecular formula is CH3Ra3Sn. The molecule has 17 valence electrons. The SMILES string of the molecule is [CH3][Sn].[Ra].[Ra].[Ra]. The minimum atomic E-state index is 0. The van der Waals surface area contributed by atoms with Crippen LogP contribution in [0.1, 0.15) is 0 Å². The third-order valence-electron chi connectivity index (χ3n) is 0. The molecule has 0 heterocycles. The Bertz CT molecular complexity index is 6.85. The van der Waals surface area contributed by atoms with E-state index in [1.54, 1.807) is 22.5 Å². The zero-order chi connectivity index (χ0) is 2.00. The van der Waals surface area contributed by atoms with E-state index in [9.17, 15) is 0 Å². The van der Waals surface area contributed by atoms with Crippen molar-refractivity contribution in [2.45, 2.75) is 4.94 Å². The molecule has 0 spiro atoms. The monoisotopic (exact) mass is 813 g/mol. The van der Waals surface area contributed by atoms with Gasteiger partial charge in [0.1, 0.15) is 0 Å². The molecular weight excluding hydrogens is 809 g/mol. The molecule has 0 aromatic rings. The van der Waals surface area contributed by atoms with E-state index in [1.165, 1.54) is 0 Å². The van der Waals surface area contributed by atoms with Crippen LogP contribution in [0.25, 0.3) is 0 Å². The Labute approximate surface area is 157 Å². The van der Waals surface area contributed by atoms with E-state index >= 15 is 0 Å². The quantitative estimate of drug-likeness (QED) is 0.308. The van der Waals surface area contributed by atoms with Crippen molar-refractivity contribution >= 4 is 22.5 Å². The molecule has 9 radical (unpaired) electrons. The molecule has 0 rings (SSSR count). The molecule has 0 bridgehead atoms. The largest absolute Gasteiger partial charge is 0 e. The van der Waals surface area contributed by atoms with Crippen molar-refractivity contribution in [3.8, 4) is 0 Å². The van der Waals surface area contributed by atoms with Crippen molar-refractivity contribution < 1.29 is 135 Å².